The Balaban J connectivity index is 1.57. The fourth-order valence-electron chi connectivity index (χ4n) is 4.06. The fourth-order valence-corrected chi connectivity index (χ4v) is 5.55. The first-order valence-electron chi connectivity index (χ1n) is 7.22. The molecule has 2 saturated carbocycles. The third kappa shape index (κ3) is 2.52. The Morgan fingerprint density at radius 1 is 1.05 bits per heavy atom. The second-order valence-corrected chi connectivity index (χ2v) is 8.67. The van der Waals surface area contributed by atoms with Crippen molar-refractivity contribution in [2.75, 3.05) is 11.5 Å². The minimum Gasteiger partial charge on any atom is -0.353 e. The van der Waals surface area contributed by atoms with Crippen LogP contribution in [0.3, 0.4) is 0 Å². The molecule has 3 rings (SSSR count). The number of carbonyl (C=O) groups excluding carboxylic acids is 1. The van der Waals surface area contributed by atoms with Gasteiger partial charge in [0.25, 0.3) is 0 Å². The Kier molecular flexibility index (Phi) is 3.33. The van der Waals surface area contributed by atoms with Gasteiger partial charge in [0.1, 0.15) is 9.84 Å². The molecule has 1 heterocycles. The van der Waals surface area contributed by atoms with Crippen molar-refractivity contribution in [3.05, 3.63) is 0 Å². The van der Waals surface area contributed by atoms with Crippen LogP contribution in [0.15, 0.2) is 0 Å². The van der Waals surface area contributed by atoms with Gasteiger partial charge in [-0.15, -0.1) is 0 Å². The molecule has 1 saturated heterocycles. The normalized spacial score (nSPS) is 41.3. The standard InChI is InChI=1S/C13H22N2O3S/c14-12-9-2-1-8(7-9)11(12)13(16)15-10-3-5-19(17,18)6-4-10/h8-12H,1-7,14H2,(H,15,16). The number of fused-ring (bicyclic) bond motifs is 2. The lowest BCUT2D eigenvalue weighted by Gasteiger charge is -2.30. The van der Waals surface area contributed by atoms with E-state index in [0.717, 1.165) is 19.3 Å². The smallest absolute Gasteiger partial charge is 0.225 e. The zero-order chi connectivity index (χ0) is 13.6. The fraction of sp³-hybridized carbons (Fsp3) is 0.923. The number of carbonyl (C=O) groups is 1. The maximum atomic E-state index is 12.3. The number of sulfone groups is 1. The van der Waals surface area contributed by atoms with Gasteiger partial charge in [-0.2, -0.15) is 0 Å². The summed E-state index contributed by atoms with van der Waals surface area (Å²) in [7, 11) is -2.87. The SMILES string of the molecule is NC1C2CCC(C2)C1C(=O)NC1CCS(=O)(=O)CC1. The molecule has 3 fully saturated rings. The van der Waals surface area contributed by atoms with Crippen LogP contribution in [-0.2, 0) is 14.6 Å². The molecule has 108 valence electrons. The molecular formula is C13H22N2O3S. The van der Waals surface area contributed by atoms with Crippen molar-refractivity contribution in [2.24, 2.45) is 23.5 Å². The van der Waals surface area contributed by atoms with Crippen LogP contribution in [-0.4, -0.2) is 37.9 Å². The molecule has 4 unspecified atom stereocenters. The molecule has 2 bridgehead atoms. The van der Waals surface area contributed by atoms with Gasteiger partial charge in [0, 0.05) is 12.1 Å². The van der Waals surface area contributed by atoms with Gasteiger partial charge in [-0.1, -0.05) is 0 Å². The molecule has 5 nitrogen and oxygen atoms in total. The second-order valence-electron chi connectivity index (χ2n) is 6.37. The highest BCUT2D eigenvalue weighted by molar-refractivity contribution is 7.91. The molecular weight excluding hydrogens is 264 g/mol. The van der Waals surface area contributed by atoms with Crippen LogP contribution in [0.25, 0.3) is 0 Å². The number of nitrogens with one attached hydrogen (secondary N) is 1. The predicted molar refractivity (Wildman–Crippen MR) is 72.1 cm³/mol. The number of amides is 1. The Morgan fingerprint density at radius 3 is 2.26 bits per heavy atom. The van der Waals surface area contributed by atoms with Crippen LogP contribution in [0.4, 0.5) is 0 Å². The number of nitrogens with two attached hydrogens (primary N) is 1. The maximum Gasteiger partial charge on any atom is 0.225 e. The van der Waals surface area contributed by atoms with E-state index >= 15 is 0 Å². The Bertz CT molecular complexity index is 460. The van der Waals surface area contributed by atoms with Gasteiger partial charge in [0.15, 0.2) is 0 Å². The summed E-state index contributed by atoms with van der Waals surface area (Å²) in [5.74, 6) is 1.38. The Hall–Kier alpha value is -0.620. The summed E-state index contributed by atoms with van der Waals surface area (Å²) in [6.45, 7) is 0. The molecule has 3 N–H and O–H groups in total. The van der Waals surface area contributed by atoms with Crippen molar-refractivity contribution < 1.29 is 13.2 Å². The van der Waals surface area contributed by atoms with Gasteiger partial charge >= 0.3 is 0 Å². The van der Waals surface area contributed by atoms with E-state index < -0.39 is 9.84 Å². The Morgan fingerprint density at radius 2 is 1.68 bits per heavy atom. The van der Waals surface area contributed by atoms with Gasteiger partial charge in [-0.3, -0.25) is 4.79 Å². The lowest BCUT2D eigenvalue weighted by atomic mass is 9.84. The second kappa shape index (κ2) is 4.74. The van der Waals surface area contributed by atoms with E-state index in [-0.39, 0.29) is 35.4 Å². The van der Waals surface area contributed by atoms with Crippen molar-refractivity contribution in [3.8, 4) is 0 Å². The average Bonchev–Trinajstić information content (AvgIpc) is 2.92. The highest BCUT2D eigenvalue weighted by Crippen LogP contribution is 2.47. The third-order valence-electron chi connectivity index (χ3n) is 5.18. The summed E-state index contributed by atoms with van der Waals surface area (Å²) < 4.78 is 22.7. The monoisotopic (exact) mass is 286 g/mol. The predicted octanol–water partition coefficient (Wildman–Crippen LogP) is 0.0532. The van der Waals surface area contributed by atoms with E-state index in [4.69, 9.17) is 5.73 Å². The van der Waals surface area contributed by atoms with Crippen LogP contribution < -0.4 is 11.1 Å². The summed E-state index contributed by atoms with van der Waals surface area (Å²) in [4.78, 5) is 12.3. The summed E-state index contributed by atoms with van der Waals surface area (Å²) in [6, 6.07) is 0.0217. The summed E-state index contributed by atoms with van der Waals surface area (Å²) in [6.07, 6.45) is 4.47. The lowest BCUT2D eigenvalue weighted by molar-refractivity contribution is -0.127. The van der Waals surface area contributed by atoms with E-state index in [1.807, 2.05) is 0 Å². The molecule has 4 atom stereocenters. The minimum atomic E-state index is -2.87. The molecule has 0 aromatic heterocycles. The van der Waals surface area contributed by atoms with Crippen molar-refractivity contribution in [2.45, 2.75) is 44.2 Å². The van der Waals surface area contributed by atoms with Crippen molar-refractivity contribution in [1.29, 1.82) is 0 Å². The van der Waals surface area contributed by atoms with E-state index in [1.165, 1.54) is 0 Å². The summed E-state index contributed by atoms with van der Waals surface area (Å²) in [5.41, 5.74) is 6.16. The molecule has 0 radical (unpaired) electrons. The van der Waals surface area contributed by atoms with Crippen LogP contribution >= 0.6 is 0 Å². The van der Waals surface area contributed by atoms with E-state index in [0.29, 0.717) is 24.7 Å². The van der Waals surface area contributed by atoms with Crippen molar-refractivity contribution in [3.63, 3.8) is 0 Å². The highest BCUT2D eigenvalue weighted by Gasteiger charge is 2.49. The van der Waals surface area contributed by atoms with Gasteiger partial charge in [0.05, 0.1) is 17.4 Å². The molecule has 1 amide bonds. The number of hydrogen-bond acceptors (Lipinski definition) is 4. The van der Waals surface area contributed by atoms with Crippen LogP contribution in [0, 0.1) is 17.8 Å². The molecule has 19 heavy (non-hydrogen) atoms. The molecule has 2 aliphatic carbocycles. The van der Waals surface area contributed by atoms with E-state index in [2.05, 4.69) is 5.32 Å². The third-order valence-corrected chi connectivity index (χ3v) is 6.90. The van der Waals surface area contributed by atoms with Crippen LogP contribution in [0.1, 0.15) is 32.1 Å². The summed E-state index contributed by atoms with van der Waals surface area (Å²) in [5, 5.41) is 3.03. The van der Waals surface area contributed by atoms with Gasteiger partial charge in [0.2, 0.25) is 5.91 Å². The average molecular weight is 286 g/mol. The van der Waals surface area contributed by atoms with E-state index in [1.54, 1.807) is 0 Å². The van der Waals surface area contributed by atoms with Crippen LogP contribution in [0.2, 0.25) is 0 Å². The molecule has 1 aliphatic heterocycles. The van der Waals surface area contributed by atoms with Gasteiger partial charge < -0.3 is 11.1 Å². The molecule has 6 heteroatoms. The lowest BCUT2D eigenvalue weighted by Crippen LogP contribution is -2.49. The van der Waals surface area contributed by atoms with Crippen molar-refractivity contribution in [1.82, 2.24) is 5.32 Å². The zero-order valence-corrected chi connectivity index (χ0v) is 11.9. The summed E-state index contributed by atoms with van der Waals surface area (Å²) >= 11 is 0. The zero-order valence-electron chi connectivity index (χ0n) is 11.0. The largest absolute Gasteiger partial charge is 0.353 e. The first-order valence-corrected chi connectivity index (χ1v) is 9.05. The first-order chi connectivity index (χ1) is 8.96. The molecule has 0 aromatic rings. The van der Waals surface area contributed by atoms with Crippen molar-refractivity contribution >= 4 is 15.7 Å². The van der Waals surface area contributed by atoms with Crippen LogP contribution in [0.5, 0.6) is 0 Å². The highest BCUT2D eigenvalue weighted by atomic mass is 32.2. The quantitative estimate of drug-likeness (QED) is 0.751. The van der Waals surface area contributed by atoms with Gasteiger partial charge in [-0.25, -0.2) is 8.42 Å². The Labute approximate surface area is 114 Å². The van der Waals surface area contributed by atoms with Gasteiger partial charge in [-0.05, 0) is 43.9 Å². The maximum absolute atomic E-state index is 12.3. The minimum absolute atomic E-state index is 0.00562. The van der Waals surface area contributed by atoms with E-state index in [9.17, 15) is 13.2 Å². The molecule has 0 aromatic carbocycles. The number of hydrogen-bond donors (Lipinski definition) is 2. The molecule has 0 spiro atoms. The molecule has 3 aliphatic rings. The first kappa shape index (κ1) is 13.4. The topological polar surface area (TPSA) is 89.3 Å². The number of rotatable bonds is 2.